The summed E-state index contributed by atoms with van der Waals surface area (Å²) in [5.41, 5.74) is 8.11. The van der Waals surface area contributed by atoms with Gasteiger partial charge in [-0.3, -0.25) is 0 Å². The molecular weight excluding hydrogens is 168 g/mol. The summed E-state index contributed by atoms with van der Waals surface area (Å²) in [6.07, 6.45) is 0.510. The molecule has 0 radical (unpaired) electrons. The Hall–Kier alpha value is -1.71. The van der Waals surface area contributed by atoms with E-state index in [0.717, 1.165) is 11.3 Å². The number of hydrogen-bond donors (Lipinski definition) is 3. The molecule has 0 saturated heterocycles. The minimum atomic E-state index is -0.824. The van der Waals surface area contributed by atoms with Gasteiger partial charge in [0.25, 0.3) is 0 Å². The van der Waals surface area contributed by atoms with Gasteiger partial charge in [-0.15, -0.1) is 0 Å². The van der Waals surface area contributed by atoms with Crippen molar-refractivity contribution < 1.29 is 9.90 Å². The van der Waals surface area contributed by atoms with Gasteiger partial charge < -0.3 is 16.2 Å². The third-order valence-electron chi connectivity index (χ3n) is 2.18. The zero-order valence-corrected chi connectivity index (χ0v) is 6.95. The Morgan fingerprint density at radius 2 is 2.38 bits per heavy atom. The molecule has 0 saturated carbocycles. The van der Waals surface area contributed by atoms with Crippen LogP contribution in [0.3, 0.4) is 0 Å². The topological polar surface area (TPSA) is 75.4 Å². The fraction of sp³-hybridized carbons (Fsp3) is 0.222. The zero-order valence-electron chi connectivity index (χ0n) is 6.95. The lowest BCUT2D eigenvalue weighted by atomic mass is 10.1. The van der Waals surface area contributed by atoms with E-state index in [4.69, 9.17) is 10.8 Å². The minimum absolute atomic E-state index is 0.503. The SMILES string of the molecule is Nc1ccc2c(c1)CC(C(=O)O)N2. The van der Waals surface area contributed by atoms with Crippen molar-refractivity contribution in [3.05, 3.63) is 23.8 Å². The minimum Gasteiger partial charge on any atom is -0.480 e. The molecule has 0 bridgehead atoms. The molecule has 1 aromatic rings. The van der Waals surface area contributed by atoms with E-state index in [9.17, 15) is 4.79 Å². The molecule has 4 N–H and O–H groups in total. The summed E-state index contributed by atoms with van der Waals surface area (Å²) in [5.74, 6) is -0.824. The first kappa shape index (κ1) is 7.91. The smallest absolute Gasteiger partial charge is 0.326 e. The fourth-order valence-corrected chi connectivity index (χ4v) is 1.53. The second-order valence-corrected chi connectivity index (χ2v) is 3.16. The van der Waals surface area contributed by atoms with Gasteiger partial charge in [0.05, 0.1) is 0 Å². The van der Waals surface area contributed by atoms with Crippen LogP contribution in [-0.2, 0) is 11.2 Å². The van der Waals surface area contributed by atoms with Crippen molar-refractivity contribution in [2.45, 2.75) is 12.5 Å². The predicted molar refractivity (Wildman–Crippen MR) is 49.6 cm³/mol. The van der Waals surface area contributed by atoms with E-state index < -0.39 is 12.0 Å². The maximum absolute atomic E-state index is 10.7. The van der Waals surface area contributed by atoms with Gasteiger partial charge in [0.1, 0.15) is 6.04 Å². The highest BCUT2D eigenvalue weighted by atomic mass is 16.4. The Labute approximate surface area is 75.4 Å². The molecule has 4 heteroatoms. The number of anilines is 2. The first-order chi connectivity index (χ1) is 6.16. The van der Waals surface area contributed by atoms with Crippen LogP contribution in [-0.4, -0.2) is 17.1 Å². The summed E-state index contributed by atoms with van der Waals surface area (Å²) in [6.45, 7) is 0. The molecule has 0 aliphatic carbocycles. The van der Waals surface area contributed by atoms with Gasteiger partial charge in [0, 0.05) is 17.8 Å². The Kier molecular flexibility index (Phi) is 1.62. The molecule has 1 aromatic carbocycles. The van der Waals surface area contributed by atoms with Crippen LogP contribution in [0.15, 0.2) is 18.2 Å². The summed E-state index contributed by atoms with van der Waals surface area (Å²) < 4.78 is 0. The first-order valence-corrected chi connectivity index (χ1v) is 4.04. The normalized spacial score (nSPS) is 19.2. The van der Waals surface area contributed by atoms with E-state index in [1.807, 2.05) is 12.1 Å². The highest BCUT2D eigenvalue weighted by Crippen LogP contribution is 2.27. The number of benzene rings is 1. The quantitative estimate of drug-likeness (QED) is 0.553. The van der Waals surface area contributed by atoms with Gasteiger partial charge in [-0.1, -0.05) is 0 Å². The maximum atomic E-state index is 10.7. The maximum Gasteiger partial charge on any atom is 0.326 e. The van der Waals surface area contributed by atoms with Crippen LogP contribution in [0.1, 0.15) is 5.56 Å². The molecule has 1 aliphatic heterocycles. The summed E-state index contributed by atoms with van der Waals surface area (Å²) >= 11 is 0. The van der Waals surface area contributed by atoms with Crippen molar-refractivity contribution in [3.63, 3.8) is 0 Å². The average molecular weight is 178 g/mol. The van der Waals surface area contributed by atoms with Crippen molar-refractivity contribution in [3.8, 4) is 0 Å². The third kappa shape index (κ3) is 1.30. The molecule has 0 fully saturated rings. The van der Waals surface area contributed by atoms with Crippen LogP contribution in [0, 0.1) is 0 Å². The number of fused-ring (bicyclic) bond motifs is 1. The van der Waals surface area contributed by atoms with Crippen LogP contribution in [0.4, 0.5) is 11.4 Å². The molecule has 1 unspecified atom stereocenters. The van der Waals surface area contributed by atoms with Gasteiger partial charge in [-0.25, -0.2) is 4.79 Å². The number of carbonyl (C=O) groups is 1. The molecule has 0 amide bonds. The van der Waals surface area contributed by atoms with Crippen LogP contribution >= 0.6 is 0 Å². The van der Waals surface area contributed by atoms with Crippen molar-refractivity contribution in [2.24, 2.45) is 0 Å². The summed E-state index contributed by atoms with van der Waals surface area (Å²) in [4.78, 5) is 10.7. The standard InChI is InChI=1S/C9H10N2O2/c10-6-1-2-7-5(3-6)4-8(11-7)9(12)13/h1-3,8,11H,4,10H2,(H,12,13). The van der Waals surface area contributed by atoms with Crippen molar-refractivity contribution in [1.82, 2.24) is 0 Å². The number of nitrogen functional groups attached to an aromatic ring is 1. The van der Waals surface area contributed by atoms with E-state index in [1.165, 1.54) is 0 Å². The van der Waals surface area contributed by atoms with E-state index in [-0.39, 0.29) is 0 Å². The second kappa shape index (κ2) is 2.65. The van der Waals surface area contributed by atoms with Gasteiger partial charge >= 0.3 is 5.97 Å². The lowest BCUT2D eigenvalue weighted by molar-refractivity contribution is -0.137. The second-order valence-electron chi connectivity index (χ2n) is 3.16. The number of nitrogens with two attached hydrogens (primary N) is 1. The van der Waals surface area contributed by atoms with Gasteiger partial charge in [-0.05, 0) is 23.8 Å². The lowest BCUT2D eigenvalue weighted by Gasteiger charge is -2.03. The van der Waals surface area contributed by atoms with E-state index in [1.54, 1.807) is 6.07 Å². The summed E-state index contributed by atoms with van der Waals surface area (Å²) in [5, 5.41) is 11.7. The Balaban J connectivity index is 2.30. The summed E-state index contributed by atoms with van der Waals surface area (Å²) in [7, 11) is 0. The number of rotatable bonds is 1. The molecule has 13 heavy (non-hydrogen) atoms. The highest BCUT2D eigenvalue weighted by molar-refractivity contribution is 5.81. The largest absolute Gasteiger partial charge is 0.480 e. The number of carboxylic acids is 1. The average Bonchev–Trinajstić information content (AvgIpc) is 2.46. The predicted octanol–water partition coefficient (Wildman–Crippen LogP) is 0.690. The number of aliphatic carboxylic acids is 1. The fourth-order valence-electron chi connectivity index (χ4n) is 1.53. The number of nitrogens with one attached hydrogen (secondary N) is 1. The van der Waals surface area contributed by atoms with Crippen LogP contribution < -0.4 is 11.1 Å². The molecule has 68 valence electrons. The van der Waals surface area contributed by atoms with Gasteiger partial charge in [-0.2, -0.15) is 0 Å². The van der Waals surface area contributed by atoms with E-state index in [0.29, 0.717) is 12.1 Å². The van der Waals surface area contributed by atoms with Crippen LogP contribution in [0.5, 0.6) is 0 Å². The summed E-state index contributed by atoms with van der Waals surface area (Å²) in [6, 6.07) is 4.88. The van der Waals surface area contributed by atoms with Crippen LogP contribution in [0.2, 0.25) is 0 Å². The Morgan fingerprint density at radius 1 is 1.62 bits per heavy atom. The first-order valence-electron chi connectivity index (χ1n) is 4.04. The molecule has 0 spiro atoms. The lowest BCUT2D eigenvalue weighted by Crippen LogP contribution is -2.26. The Bertz CT molecular complexity index is 363. The van der Waals surface area contributed by atoms with Gasteiger partial charge in [0.15, 0.2) is 0 Å². The molecule has 1 atom stereocenters. The third-order valence-corrected chi connectivity index (χ3v) is 2.18. The molecule has 2 rings (SSSR count). The highest BCUT2D eigenvalue weighted by Gasteiger charge is 2.25. The van der Waals surface area contributed by atoms with Crippen molar-refractivity contribution >= 4 is 17.3 Å². The van der Waals surface area contributed by atoms with Crippen molar-refractivity contribution in [1.29, 1.82) is 0 Å². The molecule has 0 aromatic heterocycles. The van der Waals surface area contributed by atoms with Gasteiger partial charge in [0.2, 0.25) is 0 Å². The van der Waals surface area contributed by atoms with Crippen LogP contribution in [0.25, 0.3) is 0 Å². The molecule has 4 nitrogen and oxygen atoms in total. The van der Waals surface area contributed by atoms with E-state index in [2.05, 4.69) is 5.32 Å². The zero-order chi connectivity index (χ0) is 9.42. The Morgan fingerprint density at radius 3 is 3.08 bits per heavy atom. The van der Waals surface area contributed by atoms with E-state index >= 15 is 0 Å². The number of hydrogen-bond acceptors (Lipinski definition) is 3. The molecule has 1 heterocycles. The molecular formula is C9H10N2O2. The molecule has 1 aliphatic rings. The number of carboxylic acid groups (broad SMARTS) is 1. The van der Waals surface area contributed by atoms with Crippen molar-refractivity contribution in [2.75, 3.05) is 11.1 Å². The monoisotopic (exact) mass is 178 g/mol.